The van der Waals surface area contributed by atoms with Gasteiger partial charge in [-0.2, -0.15) is 0 Å². The van der Waals surface area contributed by atoms with Crippen molar-refractivity contribution >= 4 is 85.6 Å². The summed E-state index contributed by atoms with van der Waals surface area (Å²) in [5.41, 5.74) is 0. The molecule has 0 unspecified atom stereocenters. The molecule has 0 N–H and O–H groups in total. The van der Waals surface area contributed by atoms with Gasteiger partial charge in [0.25, 0.3) is 0 Å². The molecule has 1 aliphatic rings. The summed E-state index contributed by atoms with van der Waals surface area (Å²) in [6.45, 7) is 30.8. The van der Waals surface area contributed by atoms with E-state index in [9.17, 15) is 0 Å². The fourth-order valence-electron chi connectivity index (χ4n) is 2.21. The second kappa shape index (κ2) is 9.39. The molecule has 0 aromatic carbocycles. The van der Waals surface area contributed by atoms with Gasteiger partial charge < -0.3 is 0 Å². The third-order valence-electron chi connectivity index (χ3n) is 3.82. The van der Waals surface area contributed by atoms with Crippen LogP contribution >= 0.6 is 30.5 Å². The molecule has 1 rings (SSSR count). The maximum absolute atomic E-state index is 2.70. The van der Waals surface area contributed by atoms with Gasteiger partial charge in [0.15, 0.2) is 0 Å². The van der Waals surface area contributed by atoms with Crippen LogP contribution in [-0.4, -0.2) is 55.0 Å². The van der Waals surface area contributed by atoms with Crippen LogP contribution in [0.1, 0.15) is 83.1 Å². The third-order valence-corrected chi connectivity index (χ3v) is 196. The van der Waals surface area contributed by atoms with Crippen LogP contribution in [0.3, 0.4) is 0 Å². The van der Waals surface area contributed by atoms with E-state index < -0.39 is 55.0 Å². The van der Waals surface area contributed by atoms with Crippen molar-refractivity contribution in [1.82, 2.24) is 0 Å². The summed E-state index contributed by atoms with van der Waals surface area (Å²) in [4.78, 5) is 0. The minimum absolute atomic E-state index is 0.620. The second-order valence-electron chi connectivity index (χ2n) is 11.3. The first kappa shape index (κ1) is 26.0. The van der Waals surface area contributed by atoms with Crippen molar-refractivity contribution in [1.29, 1.82) is 0 Å². The fraction of sp³-hybridized carbons (Fsp3) is 1.00. The molecule has 136 valence electrons. The van der Waals surface area contributed by atoms with Gasteiger partial charge in [-0.15, -0.1) is 0 Å². The van der Waals surface area contributed by atoms with Gasteiger partial charge >= 0.3 is 185 Å². The van der Waals surface area contributed by atoms with Crippen molar-refractivity contribution in [2.45, 2.75) is 99.0 Å². The molecule has 1 saturated heterocycles. The second-order valence-corrected chi connectivity index (χ2v) is 101. The molecular formula is C16H36Ga4S4. The van der Waals surface area contributed by atoms with Crippen LogP contribution in [0.2, 0.25) is 15.9 Å². The molecule has 24 heavy (non-hydrogen) atoms. The molecule has 0 amide bonds. The average molecular weight is 636 g/mol. The molecule has 1 aliphatic heterocycles. The van der Waals surface area contributed by atoms with E-state index in [4.69, 9.17) is 0 Å². The summed E-state index contributed by atoms with van der Waals surface area (Å²) in [6.07, 6.45) is 0. The van der Waals surface area contributed by atoms with Crippen molar-refractivity contribution < 1.29 is 0 Å². The van der Waals surface area contributed by atoms with E-state index in [1.807, 2.05) is 0 Å². The van der Waals surface area contributed by atoms with Crippen LogP contribution in [-0.2, 0) is 0 Å². The summed E-state index contributed by atoms with van der Waals surface area (Å²) >= 11 is -5.46. The molecule has 0 aliphatic carbocycles. The van der Waals surface area contributed by atoms with Crippen LogP contribution in [0, 0.1) is 0 Å². The summed E-state index contributed by atoms with van der Waals surface area (Å²) in [5, 5.41) is 0. The Morgan fingerprint density at radius 3 is 0.542 bits per heavy atom. The maximum atomic E-state index is 2.70. The Morgan fingerprint density at radius 1 is 0.333 bits per heavy atom. The average Bonchev–Trinajstić information content (AvgIpc) is 2.20. The molecule has 0 bridgehead atoms. The van der Waals surface area contributed by atoms with Crippen molar-refractivity contribution in [3.8, 4) is 0 Å². The van der Waals surface area contributed by atoms with Gasteiger partial charge in [0.2, 0.25) is 0 Å². The van der Waals surface area contributed by atoms with E-state index in [2.05, 4.69) is 114 Å². The van der Waals surface area contributed by atoms with Crippen LogP contribution < -0.4 is 0 Å². The summed E-state index contributed by atoms with van der Waals surface area (Å²) < 4.78 is 2.48. The first-order valence-electron chi connectivity index (χ1n) is 9.04. The van der Waals surface area contributed by atoms with E-state index in [1.165, 1.54) is 0 Å². The normalized spacial score (nSPS) is 19.5. The van der Waals surface area contributed by atoms with E-state index in [1.54, 1.807) is 0 Å². The van der Waals surface area contributed by atoms with E-state index in [0.717, 1.165) is 0 Å². The van der Waals surface area contributed by atoms with Gasteiger partial charge in [-0.25, -0.2) is 0 Å². The molecule has 0 spiro atoms. The van der Waals surface area contributed by atoms with Crippen LogP contribution in [0.4, 0.5) is 0 Å². The molecule has 8 heteroatoms. The first-order valence-corrected chi connectivity index (χ1v) is 41.4. The molecule has 0 aromatic rings. The Morgan fingerprint density at radius 2 is 0.458 bits per heavy atom. The van der Waals surface area contributed by atoms with Gasteiger partial charge in [0, 0.05) is 0 Å². The van der Waals surface area contributed by atoms with Gasteiger partial charge in [-0.1, -0.05) is 0 Å². The van der Waals surface area contributed by atoms with Gasteiger partial charge in [-0.05, 0) is 0 Å². The zero-order valence-electron chi connectivity index (χ0n) is 17.9. The van der Waals surface area contributed by atoms with Crippen molar-refractivity contribution in [3.63, 3.8) is 0 Å². The molecule has 0 aromatic heterocycles. The molecular weight excluding hydrogens is 599 g/mol. The molecule has 1 heterocycles. The Balaban J connectivity index is 3.24. The van der Waals surface area contributed by atoms with Crippen molar-refractivity contribution in [3.05, 3.63) is 0 Å². The van der Waals surface area contributed by atoms with Crippen LogP contribution in [0.25, 0.3) is 0 Å². The Kier molecular flexibility index (Phi) is 10.2. The predicted octanol–water partition coefficient (Wildman–Crippen LogP) is 8.09. The zero-order chi connectivity index (χ0) is 19.1. The van der Waals surface area contributed by atoms with E-state index in [-0.39, 0.29) is 0 Å². The van der Waals surface area contributed by atoms with Crippen LogP contribution in [0.15, 0.2) is 0 Å². The van der Waals surface area contributed by atoms with Crippen molar-refractivity contribution in [2.75, 3.05) is 0 Å². The third kappa shape index (κ3) is 8.36. The monoisotopic (exact) mass is 632 g/mol. The van der Waals surface area contributed by atoms with Crippen molar-refractivity contribution in [2.24, 2.45) is 0 Å². The molecule has 0 saturated carbocycles. The number of hydrogen-bond donors (Lipinski definition) is 0. The summed E-state index contributed by atoms with van der Waals surface area (Å²) in [6, 6.07) is 0. The van der Waals surface area contributed by atoms with Gasteiger partial charge in [0.05, 0.1) is 0 Å². The Bertz CT molecular complexity index is 330. The Hall–Kier alpha value is 3.95. The SMILES string of the molecule is C[C](C)(C)[Ga]1[S][Ga]([C](C)(C)C)[S][Ga]([C](C)(C)C)[S][Ga]([C](C)(C)C)[S]1. The number of rotatable bonds is 0. The topological polar surface area (TPSA) is 0 Å². The molecule has 0 radical (unpaired) electrons. The van der Waals surface area contributed by atoms with Gasteiger partial charge in [0.1, 0.15) is 0 Å². The predicted molar refractivity (Wildman–Crippen MR) is 132 cm³/mol. The molecule has 0 atom stereocenters. The number of hydrogen-bond acceptors (Lipinski definition) is 4. The van der Waals surface area contributed by atoms with E-state index >= 15 is 0 Å². The first-order chi connectivity index (χ1) is 10.4. The minimum atomic E-state index is -1.37. The fourth-order valence-corrected chi connectivity index (χ4v) is 425. The molecule has 1 fully saturated rings. The summed E-state index contributed by atoms with van der Waals surface area (Å²) in [7, 11) is 10.8. The van der Waals surface area contributed by atoms with E-state index in [0.29, 0.717) is 15.9 Å². The zero-order valence-corrected chi connectivity index (χ0v) is 30.9. The standard InChI is InChI=1S/4C4H9.4Ga.4S/c4*1-4(2)3;;;;;;;;/h4*1-3H3;;;;;;;;. The van der Waals surface area contributed by atoms with Crippen LogP contribution in [0.5, 0.6) is 0 Å². The Labute approximate surface area is 181 Å². The quantitative estimate of drug-likeness (QED) is 0.247. The molecule has 0 nitrogen and oxygen atoms in total. The summed E-state index contributed by atoms with van der Waals surface area (Å²) in [5.74, 6) is 0. The van der Waals surface area contributed by atoms with Gasteiger partial charge in [-0.3, -0.25) is 0 Å².